The molecule has 0 bridgehead atoms. The average Bonchev–Trinajstić information content (AvgIpc) is 2.62. The van der Waals surface area contributed by atoms with Crippen LogP contribution in [0.25, 0.3) is 12.2 Å². The fraction of sp³-hybridized carbons (Fsp3) is 0.391. The van der Waals surface area contributed by atoms with Gasteiger partial charge in [-0.2, -0.15) is 0 Å². The van der Waals surface area contributed by atoms with E-state index in [0.29, 0.717) is 0 Å². The number of rotatable bonds is 8. The molecule has 2 rings (SSSR count). The van der Waals surface area contributed by atoms with Crippen molar-refractivity contribution in [1.29, 1.82) is 0 Å². The number of hydrogen-bond donors (Lipinski definition) is 0. The molecule has 124 valence electrons. The van der Waals surface area contributed by atoms with E-state index in [-0.39, 0.29) is 0 Å². The molecular formula is C23H32. The van der Waals surface area contributed by atoms with Gasteiger partial charge in [0.05, 0.1) is 0 Å². The average molecular weight is 309 g/mol. The van der Waals surface area contributed by atoms with Gasteiger partial charge in [0.2, 0.25) is 0 Å². The minimum absolute atomic E-state index is 1.23. The third-order valence-electron chi connectivity index (χ3n) is 3.77. The van der Waals surface area contributed by atoms with Crippen LogP contribution in [-0.2, 0) is 0 Å². The summed E-state index contributed by atoms with van der Waals surface area (Å²) in [6.07, 6.45) is 14.2. The van der Waals surface area contributed by atoms with Crippen LogP contribution < -0.4 is 0 Å². The Morgan fingerprint density at radius 2 is 0.870 bits per heavy atom. The Kier molecular flexibility index (Phi) is 11.5. The molecule has 0 aliphatic carbocycles. The van der Waals surface area contributed by atoms with E-state index < -0.39 is 0 Å². The van der Waals surface area contributed by atoms with Gasteiger partial charge in [-0.05, 0) is 11.1 Å². The predicted molar refractivity (Wildman–Crippen MR) is 105 cm³/mol. The van der Waals surface area contributed by atoms with Crippen LogP contribution in [0.3, 0.4) is 0 Å². The maximum Gasteiger partial charge on any atom is -0.0256 e. The van der Waals surface area contributed by atoms with E-state index in [2.05, 4.69) is 50.3 Å². The lowest BCUT2D eigenvalue weighted by Crippen LogP contribution is -1.76. The minimum atomic E-state index is 1.23. The first-order valence-electron chi connectivity index (χ1n) is 9.15. The van der Waals surface area contributed by atoms with Crippen LogP contribution in [0.5, 0.6) is 0 Å². The van der Waals surface area contributed by atoms with Crippen molar-refractivity contribution in [1.82, 2.24) is 0 Å². The molecule has 0 aliphatic rings. The van der Waals surface area contributed by atoms with Gasteiger partial charge in [-0.1, -0.05) is 132 Å². The van der Waals surface area contributed by atoms with Crippen molar-refractivity contribution < 1.29 is 0 Å². The fourth-order valence-electron chi connectivity index (χ4n) is 2.35. The van der Waals surface area contributed by atoms with Crippen LogP contribution in [0.4, 0.5) is 0 Å². The van der Waals surface area contributed by atoms with Crippen molar-refractivity contribution in [3.05, 3.63) is 71.8 Å². The predicted octanol–water partition coefficient (Wildman–Crippen LogP) is 7.61. The first-order chi connectivity index (χ1) is 11.4. The highest BCUT2D eigenvalue weighted by molar-refractivity contribution is 5.69. The van der Waals surface area contributed by atoms with Gasteiger partial charge in [-0.25, -0.2) is 0 Å². The van der Waals surface area contributed by atoms with Crippen LogP contribution in [0, 0.1) is 0 Å². The Morgan fingerprint density at radius 3 is 1.22 bits per heavy atom. The van der Waals surface area contributed by atoms with E-state index in [1.54, 1.807) is 0 Å². The van der Waals surface area contributed by atoms with Crippen molar-refractivity contribution in [2.24, 2.45) is 0 Å². The Balaban J connectivity index is 0.000000257. The van der Waals surface area contributed by atoms with Gasteiger partial charge in [-0.15, -0.1) is 0 Å². The van der Waals surface area contributed by atoms with Crippen LogP contribution in [0.2, 0.25) is 0 Å². The molecule has 0 heterocycles. The summed E-state index contributed by atoms with van der Waals surface area (Å²) in [4.78, 5) is 0. The number of unbranched alkanes of at least 4 members (excludes halogenated alkanes) is 6. The normalized spacial score (nSPS) is 10.3. The zero-order chi connectivity index (χ0) is 16.6. The highest BCUT2D eigenvalue weighted by atomic mass is 13.9. The first-order valence-corrected chi connectivity index (χ1v) is 9.15. The Morgan fingerprint density at radius 1 is 0.522 bits per heavy atom. The molecule has 0 nitrogen and oxygen atoms in total. The second kappa shape index (κ2) is 13.8. The molecule has 0 spiro atoms. The van der Waals surface area contributed by atoms with E-state index in [1.165, 1.54) is 56.1 Å². The van der Waals surface area contributed by atoms with Gasteiger partial charge >= 0.3 is 0 Å². The zero-order valence-electron chi connectivity index (χ0n) is 14.9. The summed E-state index contributed by atoms with van der Waals surface area (Å²) in [5.41, 5.74) is 2.47. The molecule has 0 radical (unpaired) electrons. The van der Waals surface area contributed by atoms with Gasteiger partial charge in [0.1, 0.15) is 0 Å². The molecule has 0 N–H and O–H groups in total. The van der Waals surface area contributed by atoms with Crippen LogP contribution >= 0.6 is 0 Å². The Hall–Kier alpha value is -1.82. The summed E-state index contributed by atoms with van der Waals surface area (Å²) in [5.74, 6) is 0. The van der Waals surface area contributed by atoms with Crippen LogP contribution in [0.1, 0.15) is 69.9 Å². The summed E-state index contributed by atoms with van der Waals surface area (Å²) in [5, 5.41) is 0. The van der Waals surface area contributed by atoms with E-state index in [9.17, 15) is 0 Å². The molecule has 0 heteroatoms. The summed E-state index contributed by atoms with van der Waals surface area (Å²) in [6.45, 7) is 4.53. The molecule has 0 saturated carbocycles. The largest absolute Gasteiger partial charge is 0.0654 e. The summed E-state index contributed by atoms with van der Waals surface area (Å²) in [6, 6.07) is 20.6. The molecule has 2 aromatic carbocycles. The third kappa shape index (κ3) is 10.5. The SMILES string of the molecule is C(=C\c1ccccc1)/c1ccccc1.CCCCCCCCC. The minimum Gasteiger partial charge on any atom is -0.0654 e. The third-order valence-corrected chi connectivity index (χ3v) is 3.77. The molecule has 0 fully saturated rings. The molecule has 2 aromatic rings. The van der Waals surface area contributed by atoms with Crippen LogP contribution in [-0.4, -0.2) is 0 Å². The van der Waals surface area contributed by atoms with Crippen molar-refractivity contribution >= 4 is 12.2 Å². The first kappa shape index (κ1) is 19.2. The van der Waals surface area contributed by atoms with Crippen molar-refractivity contribution in [2.75, 3.05) is 0 Å². The van der Waals surface area contributed by atoms with Crippen molar-refractivity contribution in [3.8, 4) is 0 Å². The van der Waals surface area contributed by atoms with Crippen LogP contribution in [0.15, 0.2) is 60.7 Å². The highest BCUT2D eigenvalue weighted by Crippen LogP contribution is 2.07. The molecule has 0 unspecified atom stereocenters. The number of benzene rings is 2. The van der Waals surface area contributed by atoms with E-state index >= 15 is 0 Å². The number of hydrogen-bond acceptors (Lipinski definition) is 0. The topological polar surface area (TPSA) is 0 Å². The lowest BCUT2D eigenvalue weighted by molar-refractivity contribution is 0.602. The Labute approximate surface area is 143 Å². The van der Waals surface area contributed by atoms with Crippen molar-refractivity contribution in [3.63, 3.8) is 0 Å². The van der Waals surface area contributed by atoms with Gasteiger partial charge in [0, 0.05) is 0 Å². The lowest BCUT2D eigenvalue weighted by atomic mass is 10.1. The zero-order valence-corrected chi connectivity index (χ0v) is 14.9. The quantitative estimate of drug-likeness (QED) is 0.347. The lowest BCUT2D eigenvalue weighted by Gasteiger charge is -1.96. The molecule has 0 amide bonds. The molecular weight excluding hydrogens is 276 g/mol. The maximum atomic E-state index is 2.26. The smallest absolute Gasteiger partial charge is 0.0256 e. The molecule has 0 aromatic heterocycles. The van der Waals surface area contributed by atoms with Gasteiger partial charge in [-0.3, -0.25) is 0 Å². The maximum absolute atomic E-state index is 2.26. The molecule has 0 aliphatic heterocycles. The summed E-state index contributed by atoms with van der Waals surface area (Å²) in [7, 11) is 0. The van der Waals surface area contributed by atoms with E-state index in [4.69, 9.17) is 0 Å². The molecule has 0 saturated heterocycles. The van der Waals surface area contributed by atoms with E-state index in [0.717, 1.165) is 0 Å². The highest BCUT2D eigenvalue weighted by Gasteiger charge is 1.86. The van der Waals surface area contributed by atoms with Gasteiger partial charge in [0.15, 0.2) is 0 Å². The van der Waals surface area contributed by atoms with Crippen molar-refractivity contribution in [2.45, 2.75) is 58.8 Å². The fourth-order valence-corrected chi connectivity index (χ4v) is 2.35. The van der Waals surface area contributed by atoms with Gasteiger partial charge in [0.25, 0.3) is 0 Å². The Bertz CT molecular complexity index is 449. The molecule has 0 atom stereocenters. The standard InChI is InChI=1S/C14H12.C9H20/c1-3-7-13(8-4-1)11-12-14-9-5-2-6-10-14;1-3-5-7-9-8-6-4-2/h1-12H;3-9H2,1-2H3/b12-11+;. The summed E-state index contributed by atoms with van der Waals surface area (Å²) < 4.78 is 0. The summed E-state index contributed by atoms with van der Waals surface area (Å²) >= 11 is 0. The second-order valence-corrected chi connectivity index (χ2v) is 5.92. The second-order valence-electron chi connectivity index (χ2n) is 5.92. The monoisotopic (exact) mass is 308 g/mol. The molecule has 23 heavy (non-hydrogen) atoms. The van der Waals surface area contributed by atoms with Gasteiger partial charge < -0.3 is 0 Å². The van der Waals surface area contributed by atoms with E-state index in [1.807, 2.05) is 36.4 Å².